The maximum atomic E-state index is 6.27. The fourth-order valence-electron chi connectivity index (χ4n) is 1.58. The molecule has 0 saturated heterocycles. The number of aromatic nitrogens is 2. The third kappa shape index (κ3) is 1.79. The van der Waals surface area contributed by atoms with Crippen molar-refractivity contribution in [2.24, 2.45) is 0 Å². The van der Waals surface area contributed by atoms with Crippen molar-refractivity contribution in [1.29, 1.82) is 0 Å². The molecule has 84 valence electrons. The number of nitrogens with zero attached hydrogens (tertiary/aromatic N) is 1. The Kier molecular flexibility index (Phi) is 3.10. The largest absolute Gasteiger partial charge is 0.337 e. The lowest BCUT2D eigenvalue weighted by Crippen LogP contribution is -1.99. The molecule has 2 rings (SSSR count). The fraction of sp³-hybridized carbons (Fsp3) is 0.182. The Hall–Kier alpha value is -0.770. The molecule has 0 amide bonds. The first-order chi connectivity index (χ1) is 7.52. The van der Waals surface area contributed by atoms with Gasteiger partial charge < -0.3 is 4.98 Å². The van der Waals surface area contributed by atoms with Crippen LogP contribution in [0.15, 0.2) is 18.3 Å². The molecule has 0 spiro atoms. The fourth-order valence-corrected chi connectivity index (χ4v) is 2.41. The van der Waals surface area contributed by atoms with E-state index in [0.717, 1.165) is 16.9 Å². The van der Waals surface area contributed by atoms with E-state index >= 15 is 0 Å². The molecule has 0 unspecified atom stereocenters. The minimum absolute atomic E-state index is 0.590. The van der Waals surface area contributed by atoms with Gasteiger partial charge in [0.05, 0.1) is 15.7 Å². The summed E-state index contributed by atoms with van der Waals surface area (Å²) in [6.45, 7) is 3.88. The second-order valence-electron chi connectivity index (χ2n) is 3.60. The van der Waals surface area contributed by atoms with E-state index in [1.165, 1.54) is 0 Å². The molecule has 0 aliphatic carbocycles. The Morgan fingerprint density at radius 2 is 1.94 bits per heavy atom. The van der Waals surface area contributed by atoms with Crippen LogP contribution in [0, 0.1) is 18.6 Å². The molecule has 0 saturated carbocycles. The number of H-pyrrole nitrogens is 1. The van der Waals surface area contributed by atoms with Crippen molar-refractivity contribution in [2.75, 3.05) is 0 Å². The predicted octanol–water partition coefficient (Wildman–Crippen LogP) is 4.46. The zero-order valence-electron chi connectivity index (χ0n) is 8.84. The number of rotatable bonds is 1. The second kappa shape index (κ2) is 4.24. The van der Waals surface area contributed by atoms with Crippen LogP contribution in [0.1, 0.15) is 11.3 Å². The molecular formula is C11H10Cl2N2S. The van der Waals surface area contributed by atoms with Crippen LogP contribution in [0.4, 0.5) is 0 Å². The molecule has 0 radical (unpaired) electrons. The number of benzene rings is 1. The van der Waals surface area contributed by atoms with Gasteiger partial charge in [-0.25, -0.2) is 0 Å². The molecule has 2 nitrogen and oxygen atoms in total. The van der Waals surface area contributed by atoms with Gasteiger partial charge in [-0.2, -0.15) is 0 Å². The van der Waals surface area contributed by atoms with Crippen molar-refractivity contribution in [1.82, 2.24) is 9.55 Å². The summed E-state index contributed by atoms with van der Waals surface area (Å²) < 4.78 is 2.43. The van der Waals surface area contributed by atoms with Crippen molar-refractivity contribution < 1.29 is 0 Å². The minimum atomic E-state index is 0.590. The summed E-state index contributed by atoms with van der Waals surface area (Å²) in [7, 11) is 0. The zero-order chi connectivity index (χ0) is 11.9. The van der Waals surface area contributed by atoms with Gasteiger partial charge in [-0.1, -0.05) is 29.3 Å². The highest BCUT2D eigenvalue weighted by molar-refractivity contribution is 7.71. The average Bonchev–Trinajstić information content (AvgIpc) is 2.56. The number of aryl methyl sites for hydroxylation is 2. The molecule has 0 atom stereocenters. The lowest BCUT2D eigenvalue weighted by molar-refractivity contribution is 0.983. The Labute approximate surface area is 109 Å². The van der Waals surface area contributed by atoms with Crippen LogP contribution in [-0.2, 0) is 0 Å². The average molecular weight is 273 g/mol. The van der Waals surface area contributed by atoms with Gasteiger partial charge in [0.25, 0.3) is 0 Å². The lowest BCUT2D eigenvalue weighted by Gasteiger charge is -2.11. The second-order valence-corrected chi connectivity index (χ2v) is 4.77. The first-order valence-electron chi connectivity index (χ1n) is 4.74. The van der Waals surface area contributed by atoms with Gasteiger partial charge in [0.1, 0.15) is 0 Å². The van der Waals surface area contributed by atoms with E-state index in [1.54, 1.807) is 0 Å². The maximum Gasteiger partial charge on any atom is 0.182 e. The Morgan fingerprint density at radius 3 is 2.50 bits per heavy atom. The summed E-state index contributed by atoms with van der Waals surface area (Å²) in [5.41, 5.74) is 2.69. The topological polar surface area (TPSA) is 20.7 Å². The standard InChI is InChI=1S/C11H10Cl2N2S/c1-6-3-4-8(12)10(9(6)13)15-7(2)5-14-11(15)16/h3-5H,1-2H3,(H,14,16). The monoisotopic (exact) mass is 272 g/mol. The van der Waals surface area contributed by atoms with Crippen LogP contribution in [0.5, 0.6) is 0 Å². The molecular weight excluding hydrogens is 263 g/mol. The van der Waals surface area contributed by atoms with E-state index in [4.69, 9.17) is 35.4 Å². The number of nitrogens with one attached hydrogen (secondary N) is 1. The number of hydrogen-bond acceptors (Lipinski definition) is 1. The summed E-state index contributed by atoms with van der Waals surface area (Å²) in [5.74, 6) is 0. The molecule has 0 aliphatic heterocycles. The third-order valence-corrected chi connectivity index (χ3v) is 3.53. The molecule has 0 aliphatic rings. The summed E-state index contributed by atoms with van der Waals surface area (Å²) in [5, 5.41) is 1.22. The zero-order valence-corrected chi connectivity index (χ0v) is 11.2. The molecule has 16 heavy (non-hydrogen) atoms. The van der Waals surface area contributed by atoms with Gasteiger partial charge in [-0.05, 0) is 37.7 Å². The minimum Gasteiger partial charge on any atom is -0.337 e. The SMILES string of the molecule is Cc1ccc(Cl)c(-n2c(C)c[nH]c2=S)c1Cl. The molecule has 0 fully saturated rings. The highest BCUT2D eigenvalue weighted by Crippen LogP contribution is 2.32. The quantitative estimate of drug-likeness (QED) is 0.761. The summed E-state index contributed by atoms with van der Waals surface area (Å²) in [4.78, 5) is 2.97. The van der Waals surface area contributed by atoms with Crippen LogP contribution in [0.3, 0.4) is 0 Å². The van der Waals surface area contributed by atoms with E-state index in [0.29, 0.717) is 14.8 Å². The third-order valence-electron chi connectivity index (χ3n) is 2.44. The number of imidazole rings is 1. The Bertz CT molecular complexity index is 599. The Morgan fingerprint density at radius 1 is 1.25 bits per heavy atom. The van der Waals surface area contributed by atoms with Crippen LogP contribution in [-0.4, -0.2) is 9.55 Å². The van der Waals surface area contributed by atoms with Crippen molar-refractivity contribution in [3.05, 3.63) is 44.4 Å². The normalized spacial score (nSPS) is 10.8. The van der Waals surface area contributed by atoms with E-state index < -0.39 is 0 Å². The van der Waals surface area contributed by atoms with Crippen LogP contribution in [0.25, 0.3) is 5.69 Å². The van der Waals surface area contributed by atoms with Gasteiger partial charge >= 0.3 is 0 Å². The molecule has 5 heteroatoms. The smallest absolute Gasteiger partial charge is 0.182 e. The first-order valence-corrected chi connectivity index (χ1v) is 5.91. The summed E-state index contributed by atoms with van der Waals surface area (Å²) in [6.07, 6.45) is 1.83. The van der Waals surface area contributed by atoms with E-state index in [9.17, 15) is 0 Å². The molecule has 2 aromatic rings. The highest BCUT2D eigenvalue weighted by Gasteiger charge is 2.13. The lowest BCUT2D eigenvalue weighted by atomic mass is 10.2. The first kappa shape index (κ1) is 11.7. The predicted molar refractivity (Wildman–Crippen MR) is 70.4 cm³/mol. The van der Waals surface area contributed by atoms with Gasteiger partial charge in [0.2, 0.25) is 0 Å². The van der Waals surface area contributed by atoms with Crippen LogP contribution in [0.2, 0.25) is 10.0 Å². The van der Waals surface area contributed by atoms with Crippen molar-refractivity contribution >= 4 is 35.4 Å². The van der Waals surface area contributed by atoms with Crippen molar-refractivity contribution in [3.8, 4) is 5.69 Å². The summed E-state index contributed by atoms with van der Waals surface area (Å²) in [6, 6.07) is 3.71. The van der Waals surface area contributed by atoms with Crippen LogP contribution >= 0.6 is 35.4 Å². The van der Waals surface area contributed by atoms with Crippen molar-refractivity contribution in [3.63, 3.8) is 0 Å². The summed E-state index contributed by atoms with van der Waals surface area (Å²) >= 11 is 17.6. The molecule has 1 aromatic heterocycles. The van der Waals surface area contributed by atoms with E-state index in [1.807, 2.05) is 36.7 Å². The molecule has 0 bridgehead atoms. The van der Waals surface area contributed by atoms with Gasteiger partial charge in [0, 0.05) is 11.9 Å². The number of aromatic amines is 1. The van der Waals surface area contributed by atoms with Crippen molar-refractivity contribution in [2.45, 2.75) is 13.8 Å². The highest BCUT2D eigenvalue weighted by atomic mass is 35.5. The molecule has 1 heterocycles. The number of hydrogen-bond donors (Lipinski definition) is 1. The van der Waals surface area contributed by atoms with E-state index in [-0.39, 0.29) is 0 Å². The van der Waals surface area contributed by atoms with E-state index in [2.05, 4.69) is 4.98 Å². The Balaban J connectivity index is 2.84. The van der Waals surface area contributed by atoms with Gasteiger partial charge in [0.15, 0.2) is 4.77 Å². The molecule has 1 aromatic carbocycles. The maximum absolute atomic E-state index is 6.27. The number of halogens is 2. The van der Waals surface area contributed by atoms with Gasteiger partial charge in [-0.15, -0.1) is 0 Å². The van der Waals surface area contributed by atoms with Crippen LogP contribution < -0.4 is 0 Å². The van der Waals surface area contributed by atoms with Gasteiger partial charge in [-0.3, -0.25) is 4.57 Å². The molecule has 1 N–H and O–H groups in total.